The van der Waals surface area contributed by atoms with Crippen molar-refractivity contribution in [3.8, 4) is 0 Å². The van der Waals surface area contributed by atoms with E-state index in [1.807, 2.05) is 32.0 Å². The SMILES string of the molecule is Cc1ccc([C@@H](CC(=O)O)NC=O)cc1C. The Labute approximate surface area is 94.3 Å². The van der Waals surface area contributed by atoms with Gasteiger partial charge in [-0.2, -0.15) is 0 Å². The van der Waals surface area contributed by atoms with Crippen molar-refractivity contribution in [2.45, 2.75) is 26.3 Å². The molecule has 86 valence electrons. The van der Waals surface area contributed by atoms with Crippen molar-refractivity contribution in [2.75, 3.05) is 0 Å². The molecule has 0 saturated carbocycles. The number of carbonyl (C=O) groups is 2. The fraction of sp³-hybridized carbons (Fsp3) is 0.333. The number of aliphatic carboxylic acids is 1. The van der Waals surface area contributed by atoms with Gasteiger partial charge in [0.15, 0.2) is 0 Å². The molecular weight excluding hydrogens is 206 g/mol. The number of nitrogens with one attached hydrogen (secondary N) is 1. The largest absolute Gasteiger partial charge is 0.481 e. The second kappa shape index (κ2) is 5.30. The summed E-state index contributed by atoms with van der Waals surface area (Å²) in [5.41, 5.74) is 3.04. The number of rotatable bonds is 5. The lowest BCUT2D eigenvalue weighted by Gasteiger charge is -2.15. The molecule has 1 aromatic rings. The third kappa shape index (κ3) is 3.08. The van der Waals surface area contributed by atoms with Crippen molar-refractivity contribution in [3.63, 3.8) is 0 Å². The molecular formula is C12H15NO3. The molecule has 16 heavy (non-hydrogen) atoms. The van der Waals surface area contributed by atoms with Gasteiger partial charge in [0.2, 0.25) is 6.41 Å². The quantitative estimate of drug-likeness (QED) is 0.741. The average molecular weight is 221 g/mol. The van der Waals surface area contributed by atoms with Crippen LogP contribution in [0, 0.1) is 13.8 Å². The summed E-state index contributed by atoms with van der Waals surface area (Å²) in [6.45, 7) is 3.94. The van der Waals surface area contributed by atoms with Crippen LogP contribution in [0.5, 0.6) is 0 Å². The van der Waals surface area contributed by atoms with Crippen LogP contribution < -0.4 is 5.32 Å². The summed E-state index contributed by atoms with van der Waals surface area (Å²) in [6, 6.07) is 5.20. The van der Waals surface area contributed by atoms with Gasteiger partial charge in [0.05, 0.1) is 12.5 Å². The number of carbonyl (C=O) groups excluding carboxylic acids is 1. The Hall–Kier alpha value is -1.84. The van der Waals surface area contributed by atoms with Gasteiger partial charge >= 0.3 is 5.97 Å². The zero-order chi connectivity index (χ0) is 12.1. The van der Waals surface area contributed by atoms with Crippen molar-refractivity contribution in [1.29, 1.82) is 0 Å². The molecule has 2 N–H and O–H groups in total. The first-order valence-corrected chi connectivity index (χ1v) is 5.03. The highest BCUT2D eigenvalue weighted by Crippen LogP contribution is 2.19. The maximum absolute atomic E-state index is 10.7. The van der Waals surface area contributed by atoms with E-state index >= 15 is 0 Å². The molecule has 1 aromatic carbocycles. The van der Waals surface area contributed by atoms with Crippen molar-refractivity contribution in [2.24, 2.45) is 0 Å². The smallest absolute Gasteiger partial charge is 0.305 e. The third-order valence-electron chi connectivity index (χ3n) is 2.58. The Morgan fingerprint density at radius 1 is 1.44 bits per heavy atom. The normalized spacial score (nSPS) is 11.9. The Balaban J connectivity index is 2.95. The summed E-state index contributed by atoms with van der Waals surface area (Å²) in [4.78, 5) is 21.1. The van der Waals surface area contributed by atoms with Crippen LogP contribution in [0.25, 0.3) is 0 Å². The number of carboxylic acid groups (broad SMARTS) is 1. The van der Waals surface area contributed by atoms with E-state index in [1.54, 1.807) is 0 Å². The summed E-state index contributed by atoms with van der Waals surface area (Å²) in [6.07, 6.45) is 0.421. The van der Waals surface area contributed by atoms with E-state index in [0.717, 1.165) is 16.7 Å². The summed E-state index contributed by atoms with van der Waals surface area (Å²) >= 11 is 0. The minimum absolute atomic E-state index is 0.110. The maximum atomic E-state index is 10.7. The van der Waals surface area contributed by atoms with Gasteiger partial charge in [-0.15, -0.1) is 0 Å². The first-order chi connectivity index (χ1) is 7.54. The molecule has 0 unspecified atom stereocenters. The predicted octanol–water partition coefficient (Wildman–Crippen LogP) is 1.57. The highest BCUT2D eigenvalue weighted by atomic mass is 16.4. The summed E-state index contributed by atoms with van der Waals surface area (Å²) in [5, 5.41) is 11.3. The van der Waals surface area contributed by atoms with Crippen molar-refractivity contribution < 1.29 is 14.7 Å². The fourth-order valence-electron chi connectivity index (χ4n) is 1.51. The van der Waals surface area contributed by atoms with E-state index in [-0.39, 0.29) is 6.42 Å². The van der Waals surface area contributed by atoms with Gasteiger partial charge < -0.3 is 10.4 Å². The van der Waals surface area contributed by atoms with E-state index in [4.69, 9.17) is 5.11 Å². The van der Waals surface area contributed by atoms with Gasteiger partial charge in [-0.05, 0) is 30.5 Å². The molecule has 0 spiro atoms. The molecule has 0 radical (unpaired) electrons. The number of benzene rings is 1. The second-order valence-corrected chi connectivity index (χ2v) is 3.78. The predicted molar refractivity (Wildman–Crippen MR) is 60.1 cm³/mol. The molecule has 0 saturated heterocycles. The van der Waals surface area contributed by atoms with Crippen LogP contribution in [0.2, 0.25) is 0 Å². The number of carboxylic acids is 1. The standard InChI is InChI=1S/C12H15NO3/c1-8-3-4-10(5-9(8)2)11(13-7-14)6-12(15)16/h3-5,7,11H,6H2,1-2H3,(H,13,14)(H,15,16)/t11-/m1/s1. The lowest BCUT2D eigenvalue weighted by molar-refractivity contribution is -0.137. The molecule has 0 aliphatic carbocycles. The topological polar surface area (TPSA) is 66.4 Å². The monoisotopic (exact) mass is 221 g/mol. The molecule has 4 heteroatoms. The molecule has 0 aliphatic heterocycles. The van der Waals surface area contributed by atoms with Crippen LogP contribution in [0.15, 0.2) is 18.2 Å². The number of hydrogen-bond donors (Lipinski definition) is 2. The highest BCUT2D eigenvalue weighted by molar-refractivity contribution is 5.68. The van der Waals surface area contributed by atoms with Crippen LogP contribution in [-0.4, -0.2) is 17.5 Å². The van der Waals surface area contributed by atoms with Crippen LogP contribution >= 0.6 is 0 Å². The summed E-state index contributed by atoms with van der Waals surface area (Å²) < 4.78 is 0. The van der Waals surface area contributed by atoms with E-state index in [1.165, 1.54) is 0 Å². The first-order valence-electron chi connectivity index (χ1n) is 5.03. The molecule has 0 bridgehead atoms. The Morgan fingerprint density at radius 2 is 2.12 bits per heavy atom. The highest BCUT2D eigenvalue weighted by Gasteiger charge is 2.14. The Morgan fingerprint density at radius 3 is 2.62 bits per heavy atom. The van der Waals surface area contributed by atoms with Gasteiger partial charge in [0.25, 0.3) is 0 Å². The molecule has 0 aliphatic rings. The first kappa shape index (κ1) is 12.2. The van der Waals surface area contributed by atoms with Gasteiger partial charge in [0.1, 0.15) is 0 Å². The Kier molecular flexibility index (Phi) is 4.05. The molecule has 1 atom stereocenters. The van der Waals surface area contributed by atoms with E-state index in [2.05, 4.69) is 5.32 Å². The lowest BCUT2D eigenvalue weighted by Crippen LogP contribution is -2.22. The van der Waals surface area contributed by atoms with Crippen LogP contribution in [0.3, 0.4) is 0 Å². The van der Waals surface area contributed by atoms with Crippen LogP contribution in [-0.2, 0) is 9.59 Å². The lowest BCUT2D eigenvalue weighted by atomic mass is 9.99. The molecule has 1 amide bonds. The molecule has 1 rings (SSSR count). The maximum Gasteiger partial charge on any atom is 0.305 e. The summed E-state index contributed by atoms with van der Waals surface area (Å²) in [5.74, 6) is -0.933. The zero-order valence-electron chi connectivity index (χ0n) is 9.36. The van der Waals surface area contributed by atoms with E-state index < -0.39 is 12.0 Å². The average Bonchev–Trinajstić information content (AvgIpc) is 2.21. The number of hydrogen-bond acceptors (Lipinski definition) is 2. The van der Waals surface area contributed by atoms with E-state index in [0.29, 0.717) is 6.41 Å². The second-order valence-electron chi connectivity index (χ2n) is 3.78. The van der Waals surface area contributed by atoms with Crippen molar-refractivity contribution >= 4 is 12.4 Å². The van der Waals surface area contributed by atoms with Gasteiger partial charge in [0, 0.05) is 0 Å². The molecule has 4 nitrogen and oxygen atoms in total. The fourth-order valence-corrected chi connectivity index (χ4v) is 1.51. The number of amides is 1. The zero-order valence-corrected chi connectivity index (χ0v) is 9.36. The van der Waals surface area contributed by atoms with E-state index in [9.17, 15) is 9.59 Å². The minimum atomic E-state index is -0.933. The minimum Gasteiger partial charge on any atom is -0.481 e. The molecule has 0 heterocycles. The van der Waals surface area contributed by atoms with Crippen LogP contribution in [0.1, 0.15) is 29.2 Å². The van der Waals surface area contributed by atoms with Crippen molar-refractivity contribution in [3.05, 3.63) is 34.9 Å². The number of aryl methyl sites for hydroxylation is 2. The van der Waals surface area contributed by atoms with Gasteiger partial charge in [-0.1, -0.05) is 18.2 Å². The Bertz CT molecular complexity index is 401. The van der Waals surface area contributed by atoms with Crippen molar-refractivity contribution in [1.82, 2.24) is 5.32 Å². The molecule has 0 aromatic heterocycles. The summed E-state index contributed by atoms with van der Waals surface area (Å²) in [7, 11) is 0. The van der Waals surface area contributed by atoms with Crippen LogP contribution in [0.4, 0.5) is 0 Å². The van der Waals surface area contributed by atoms with Gasteiger partial charge in [-0.3, -0.25) is 9.59 Å². The van der Waals surface area contributed by atoms with Gasteiger partial charge in [-0.25, -0.2) is 0 Å². The third-order valence-corrected chi connectivity index (χ3v) is 2.58. The molecule has 0 fully saturated rings.